The third-order valence-electron chi connectivity index (χ3n) is 2.31. The summed E-state index contributed by atoms with van der Waals surface area (Å²) in [5, 5.41) is 3.63. The van der Waals surface area contributed by atoms with Crippen molar-refractivity contribution in [2.75, 3.05) is 5.73 Å². The van der Waals surface area contributed by atoms with E-state index in [0.29, 0.717) is 0 Å². The normalized spacial score (nSPS) is 13.6. The molecular weight excluding hydrogens is 231 g/mol. The predicted octanol–water partition coefficient (Wildman–Crippen LogP) is 2.62. The summed E-state index contributed by atoms with van der Waals surface area (Å²) in [5.74, 6) is 0. The van der Waals surface area contributed by atoms with Gasteiger partial charge in [0.05, 0.1) is 11.9 Å². The van der Waals surface area contributed by atoms with Crippen LogP contribution in [0.2, 0.25) is 0 Å². The number of anilines is 1. The van der Waals surface area contributed by atoms with E-state index >= 15 is 0 Å². The zero-order valence-electron chi connectivity index (χ0n) is 8.72. The summed E-state index contributed by atoms with van der Waals surface area (Å²) in [6.07, 6.45) is -2.05. The fraction of sp³-hybridized carbons (Fsp3) is 0.182. The first-order chi connectivity index (χ1) is 7.98. The summed E-state index contributed by atoms with van der Waals surface area (Å²) in [6, 6.07) is 5.79. The minimum atomic E-state index is -4.42. The Morgan fingerprint density at radius 1 is 1.18 bits per heavy atom. The molecule has 0 aliphatic carbocycles. The maximum absolute atomic E-state index is 13.0. The molecule has 1 unspecified atom stereocenters. The Kier molecular flexibility index (Phi) is 2.79. The van der Waals surface area contributed by atoms with Gasteiger partial charge in [0, 0.05) is 6.20 Å². The molecule has 0 radical (unpaired) electrons. The molecule has 1 atom stereocenters. The maximum atomic E-state index is 13.0. The number of benzene rings is 1. The molecule has 1 aromatic carbocycles. The van der Waals surface area contributed by atoms with Gasteiger partial charge in [-0.1, -0.05) is 30.3 Å². The summed E-state index contributed by atoms with van der Waals surface area (Å²) < 4.78 is 39.8. The molecule has 0 fully saturated rings. The molecular formula is C11H10F3N3. The summed E-state index contributed by atoms with van der Waals surface area (Å²) >= 11 is 0. The van der Waals surface area contributed by atoms with Crippen LogP contribution in [0.5, 0.6) is 0 Å². The number of rotatable bonds is 2. The quantitative estimate of drug-likeness (QED) is 0.878. The lowest BCUT2D eigenvalue weighted by molar-refractivity contribution is -0.159. The molecule has 6 heteroatoms. The van der Waals surface area contributed by atoms with E-state index in [1.54, 1.807) is 18.2 Å². The number of hydrogen-bond acceptors (Lipinski definition) is 2. The van der Waals surface area contributed by atoms with Crippen LogP contribution in [-0.2, 0) is 0 Å². The van der Waals surface area contributed by atoms with Crippen LogP contribution in [0, 0.1) is 0 Å². The topological polar surface area (TPSA) is 43.8 Å². The van der Waals surface area contributed by atoms with Gasteiger partial charge < -0.3 is 5.73 Å². The van der Waals surface area contributed by atoms with E-state index in [-0.39, 0.29) is 11.3 Å². The Balaban J connectivity index is 2.47. The fourth-order valence-electron chi connectivity index (χ4n) is 1.62. The minimum Gasteiger partial charge on any atom is -0.396 e. The Morgan fingerprint density at radius 2 is 1.82 bits per heavy atom. The zero-order chi connectivity index (χ0) is 12.5. The highest BCUT2D eigenvalue weighted by atomic mass is 19.4. The second-order valence-corrected chi connectivity index (χ2v) is 3.61. The van der Waals surface area contributed by atoms with Gasteiger partial charge in [0.25, 0.3) is 0 Å². The molecule has 0 amide bonds. The molecule has 0 saturated heterocycles. The van der Waals surface area contributed by atoms with Gasteiger partial charge in [0.1, 0.15) is 0 Å². The van der Waals surface area contributed by atoms with Crippen molar-refractivity contribution in [1.82, 2.24) is 9.78 Å². The maximum Gasteiger partial charge on any atom is 0.415 e. The molecule has 0 aliphatic rings. The molecule has 0 spiro atoms. The average molecular weight is 241 g/mol. The summed E-state index contributed by atoms with van der Waals surface area (Å²) in [4.78, 5) is 0. The molecule has 3 nitrogen and oxygen atoms in total. The van der Waals surface area contributed by atoms with Crippen molar-refractivity contribution >= 4 is 5.69 Å². The summed E-state index contributed by atoms with van der Waals surface area (Å²) in [7, 11) is 0. The van der Waals surface area contributed by atoms with Gasteiger partial charge in [0.15, 0.2) is 6.04 Å². The molecule has 90 valence electrons. The monoisotopic (exact) mass is 241 g/mol. The lowest BCUT2D eigenvalue weighted by atomic mass is 10.1. The van der Waals surface area contributed by atoms with Gasteiger partial charge in [-0.3, -0.25) is 4.68 Å². The Bertz CT molecular complexity index is 490. The van der Waals surface area contributed by atoms with Gasteiger partial charge in [0.2, 0.25) is 0 Å². The second-order valence-electron chi connectivity index (χ2n) is 3.61. The number of nitrogens with two attached hydrogens (primary N) is 1. The number of halogens is 3. The Labute approximate surface area is 95.7 Å². The molecule has 1 aromatic heterocycles. The van der Waals surface area contributed by atoms with Gasteiger partial charge in [-0.05, 0) is 5.56 Å². The van der Waals surface area contributed by atoms with E-state index in [2.05, 4.69) is 5.10 Å². The van der Waals surface area contributed by atoms with Crippen molar-refractivity contribution in [2.24, 2.45) is 0 Å². The van der Waals surface area contributed by atoms with E-state index in [0.717, 1.165) is 4.68 Å². The van der Waals surface area contributed by atoms with Crippen LogP contribution in [0.25, 0.3) is 0 Å². The molecule has 2 rings (SSSR count). The van der Waals surface area contributed by atoms with Crippen molar-refractivity contribution < 1.29 is 13.2 Å². The number of nitrogen functional groups attached to an aromatic ring is 1. The van der Waals surface area contributed by atoms with Gasteiger partial charge >= 0.3 is 6.18 Å². The standard InChI is InChI=1S/C11H10F3N3/c12-11(13,14)10(8-4-2-1-3-5-8)17-7-9(15)6-16-17/h1-7,10H,15H2. The molecule has 0 aliphatic heterocycles. The first-order valence-electron chi connectivity index (χ1n) is 4.90. The van der Waals surface area contributed by atoms with E-state index in [1.807, 2.05) is 0 Å². The first kappa shape index (κ1) is 11.5. The third kappa shape index (κ3) is 2.41. The second kappa shape index (κ2) is 4.12. The number of hydrogen-bond donors (Lipinski definition) is 1. The van der Waals surface area contributed by atoms with Crippen LogP contribution in [0.4, 0.5) is 18.9 Å². The van der Waals surface area contributed by atoms with Crippen LogP contribution >= 0.6 is 0 Å². The van der Waals surface area contributed by atoms with E-state index in [4.69, 9.17) is 5.73 Å². The number of aromatic nitrogens is 2. The van der Waals surface area contributed by atoms with E-state index in [1.165, 1.54) is 24.5 Å². The number of alkyl halides is 3. The fourth-order valence-corrected chi connectivity index (χ4v) is 1.62. The largest absolute Gasteiger partial charge is 0.415 e. The van der Waals surface area contributed by atoms with Gasteiger partial charge in [-0.2, -0.15) is 18.3 Å². The number of nitrogens with zero attached hydrogens (tertiary/aromatic N) is 2. The van der Waals surface area contributed by atoms with E-state index in [9.17, 15) is 13.2 Å². The smallest absolute Gasteiger partial charge is 0.396 e. The van der Waals surface area contributed by atoms with Crippen LogP contribution in [0.1, 0.15) is 11.6 Å². The molecule has 2 N–H and O–H groups in total. The zero-order valence-corrected chi connectivity index (χ0v) is 8.72. The van der Waals surface area contributed by atoms with Crippen LogP contribution < -0.4 is 5.73 Å². The van der Waals surface area contributed by atoms with Crippen molar-refractivity contribution in [3.8, 4) is 0 Å². The summed E-state index contributed by atoms with van der Waals surface area (Å²) in [5.41, 5.74) is 5.72. The first-order valence-corrected chi connectivity index (χ1v) is 4.90. The van der Waals surface area contributed by atoms with E-state index < -0.39 is 12.2 Å². The van der Waals surface area contributed by atoms with Crippen molar-refractivity contribution in [3.05, 3.63) is 48.3 Å². The highest BCUT2D eigenvalue weighted by Gasteiger charge is 2.42. The molecule has 1 heterocycles. The van der Waals surface area contributed by atoms with Crippen LogP contribution in [-0.4, -0.2) is 16.0 Å². The molecule has 0 bridgehead atoms. The van der Waals surface area contributed by atoms with Crippen molar-refractivity contribution in [2.45, 2.75) is 12.2 Å². The predicted molar refractivity (Wildman–Crippen MR) is 57.3 cm³/mol. The third-order valence-corrected chi connectivity index (χ3v) is 2.31. The van der Waals surface area contributed by atoms with Gasteiger partial charge in [-0.25, -0.2) is 0 Å². The lowest BCUT2D eigenvalue weighted by Gasteiger charge is -2.20. The highest BCUT2D eigenvalue weighted by molar-refractivity contribution is 5.32. The molecule has 0 saturated carbocycles. The minimum absolute atomic E-state index is 0.128. The Hall–Kier alpha value is -1.98. The van der Waals surface area contributed by atoms with Crippen LogP contribution in [0.3, 0.4) is 0 Å². The molecule has 17 heavy (non-hydrogen) atoms. The average Bonchev–Trinajstić information content (AvgIpc) is 2.64. The Morgan fingerprint density at radius 3 is 2.29 bits per heavy atom. The van der Waals surface area contributed by atoms with Crippen LogP contribution in [0.15, 0.2) is 42.7 Å². The molecule has 2 aromatic rings. The summed E-state index contributed by atoms with van der Waals surface area (Å²) in [6.45, 7) is 0. The van der Waals surface area contributed by atoms with Crippen molar-refractivity contribution in [3.63, 3.8) is 0 Å². The highest BCUT2D eigenvalue weighted by Crippen LogP contribution is 2.35. The van der Waals surface area contributed by atoms with Gasteiger partial charge in [-0.15, -0.1) is 0 Å². The lowest BCUT2D eigenvalue weighted by Crippen LogP contribution is -2.28. The van der Waals surface area contributed by atoms with Crippen molar-refractivity contribution in [1.29, 1.82) is 0 Å². The SMILES string of the molecule is Nc1cnn(C(c2ccccc2)C(F)(F)F)c1.